The molecule has 0 radical (unpaired) electrons. The molecule has 1 N–H and O–H groups in total. The number of rotatable bonds is 5. The molecule has 102 valence electrons. The van der Waals surface area contributed by atoms with E-state index >= 15 is 0 Å². The zero-order valence-corrected chi connectivity index (χ0v) is 12.2. The second kappa shape index (κ2) is 6.12. The van der Waals surface area contributed by atoms with Gasteiger partial charge in [0.15, 0.2) is 0 Å². The molecule has 19 heavy (non-hydrogen) atoms. The summed E-state index contributed by atoms with van der Waals surface area (Å²) in [5, 5.41) is 14.7. The van der Waals surface area contributed by atoms with Gasteiger partial charge in [0.2, 0.25) is 0 Å². The quantitative estimate of drug-likeness (QED) is 0.913. The van der Waals surface area contributed by atoms with Gasteiger partial charge < -0.3 is 9.84 Å². The van der Waals surface area contributed by atoms with Crippen LogP contribution in [0.3, 0.4) is 0 Å². The Morgan fingerprint density at radius 1 is 1.42 bits per heavy atom. The fourth-order valence-corrected chi connectivity index (χ4v) is 2.74. The summed E-state index contributed by atoms with van der Waals surface area (Å²) in [5.41, 5.74) is 2.74. The van der Waals surface area contributed by atoms with E-state index in [0.29, 0.717) is 5.75 Å². The third-order valence-electron chi connectivity index (χ3n) is 3.00. The van der Waals surface area contributed by atoms with E-state index in [1.807, 2.05) is 25.1 Å². The number of aliphatic hydroxyl groups excluding tert-OH is 1. The van der Waals surface area contributed by atoms with Crippen LogP contribution < -0.4 is 4.74 Å². The zero-order valence-electron chi connectivity index (χ0n) is 11.4. The largest absolute Gasteiger partial charge is 0.496 e. The van der Waals surface area contributed by atoms with Gasteiger partial charge >= 0.3 is 0 Å². The maximum Gasteiger partial charge on any atom is 0.125 e. The zero-order chi connectivity index (χ0) is 13.8. The summed E-state index contributed by atoms with van der Waals surface area (Å²) in [6.45, 7) is 4.08. The molecule has 0 saturated heterocycles. The Morgan fingerprint density at radius 3 is 2.89 bits per heavy atom. The second-order valence-corrected chi connectivity index (χ2v) is 5.27. The van der Waals surface area contributed by atoms with Gasteiger partial charge in [-0.3, -0.25) is 0 Å². The van der Waals surface area contributed by atoms with E-state index in [0.717, 1.165) is 34.5 Å². The molecule has 0 aliphatic carbocycles. The average Bonchev–Trinajstić information content (AvgIpc) is 2.86. The summed E-state index contributed by atoms with van der Waals surface area (Å²) in [6.07, 6.45) is 1.09. The van der Waals surface area contributed by atoms with Crippen LogP contribution in [0.15, 0.2) is 18.2 Å². The van der Waals surface area contributed by atoms with Crippen molar-refractivity contribution < 1.29 is 9.84 Å². The van der Waals surface area contributed by atoms with Gasteiger partial charge in [0, 0.05) is 5.56 Å². The maximum absolute atomic E-state index is 10.6. The summed E-state index contributed by atoms with van der Waals surface area (Å²) >= 11 is 1.25. The number of methoxy groups -OCH3 is 1. The van der Waals surface area contributed by atoms with Gasteiger partial charge in [-0.05, 0) is 37.0 Å². The van der Waals surface area contributed by atoms with Crippen molar-refractivity contribution in [3.63, 3.8) is 0 Å². The maximum atomic E-state index is 10.6. The van der Waals surface area contributed by atoms with E-state index < -0.39 is 6.10 Å². The topological polar surface area (TPSA) is 55.2 Å². The highest BCUT2D eigenvalue weighted by atomic mass is 32.1. The molecule has 0 bridgehead atoms. The van der Waals surface area contributed by atoms with Crippen LogP contribution in [0.5, 0.6) is 5.75 Å². The predicted octanol–water partition coefficient (Wildman–Crippen LogP) is 2.89. The number of hydrogen-bond donors (Lipinski definition) is 1. The number of aromatic nitrogens is 2. The minimum Gasteiger partial charge on any atom is -0.496 e. The van der Waals surface area contributed by atoms with Crippen LogP contribution in [0.4, 0.5) is 0 Å². The standard InChI is InChI=1S/C14H18N2O2S/c1-4-5-11-14(19-16-15-11)13(17)10-8-9(2)6-7-12(10)18-3/h6-8,13,17H,4-5H2,1-3H3. The first kappa shape index (κ1) is 14.0. The van der Waals surface area contributed by atoms with Crippen LogP contribution in [0.1, 0.15) is 41.1 Å². The molecule has 1 atom stereocenters. The molecule has 2 aromatic rings. The third-order valence-corrected chi connectivity index (χ3v) is 3.82. The first-order chi connectivity index (χ1) is 9.17. The highest BCUT2D eigenvalue weighted by Gasteiger charge is 2.21. The first-order valence-corrected chi connectivity index (χ1v) is 7.08. The Hall–Kier alpha value is -1.46. The molecular weight excluding hydrogens is 260 g/mol. The fraction of sp³-hybridized carbons (Fsp3) is 0.429. The average molecular weight is 278 g/mol. The summed E-state index contributed by atoms with van der Waals surface area (Å²) in [7, 11) is 1.61. The van der Waals surface area contributed by atoms with Gasteiger partial charge in [-0.2, -0.15) is 0 Å². The van der Waals surface area contributed by atoms with Crippen LogP contribution in [-0.4, -0.2) is 21.8 Å². The highest BCUT2D eigenvalue weighted by Crippen LogP contribution is 2.33. The second-order valence-electron chi connectivity index (χ2n) is 4.48. The lowest BCUT2D eigenvalue weighted by molar-refractivity contribution is 0.217. The van der Waals surface area contributed by atoms with E-state index in [1.165, 1.54) is 11.5 Å². The Morgan fingerprint density at radius 2 is 2.21 bits per heavy atom. The van der Waals surface area contributed by atoms with Crippen LogP contribution in [0.2, 0.25) is 0 Å². The number of ether oxygens (including phenoxy) is 1. The van der Waals surface area contributed by atoms with Gasteiger partial charge in [0.25, 0.3) is 0 Å². The van der Waals surface area contributed by atoms with Crippen molar-refractivity contribution in [3.05, 3.63) is 39.9 Å². The Bertz CT molecular complexity index is 554. The van der Waals surface area contributed by atoms with Crippen LogP contribution in [0, 0.1) is 6.92 Å². The van der Waals surface area contributed by atoms with Gasteiger partial charge in [0.05, 0.1) is 17.7 Å². The highest BCUT2D eigenvalue weighted by molar-refractivity contribution is 7.05. The van der Waals surface area contributed by atoms with E-state index in [1.54, 1.807) is 7.11 Å². The van der Waals surface area contributed by atoms with E-state index in [4.69, 9.17) is 4.74 Å². The van der Waals surface area contributed by atoms with Crippen molar-refractivity contribution in [2.24, 2.45) is 0 Å². The SMILES string of the molecule is CCCc1nnsc1C(O)c1cc(C)ccc1OC. The Balaban J connectivity index is 2.40. The van der Waals surface area contributed by atoms with Crippen LogP contribution in [0.25, 0.3) is 0 Å². The lowest BCUT2D eigenvalue weighted by Gasteiger charge is -2.14. The van der Waals surface area contributed by atoms with Crippen LogP contribution >= 0.6 is 11.5 Å². The molecule has 5 heteroatoms. The third kappa shape index (κ3) is 2.93. The van der Waals surface area contributed by atoms with Gasteiger partial charge in [-0.1, -0.05) is 29.5 Å². The predicted molar refractivity (Wildman–Crippen MR) is 75.7 cm³/mol. The number of benzene rings is 1. The molecule has 0 amide bonds. The monoisotopic (exact) mass is 278 g/mol. The van der Waals surface area contributed by atoms with Crippen molar-refractivity contribution in [2.75, 3.05) is 7.11 Å². The minimum atomic E-state index is -0.726. The molecule has 1 unspecified atom stereocenters. The first-order valence-electron chi connectivity index (χ1n) is 6.31. The van der Waals surface area contributed by atoms with Crippen molar-refractivity contribution in [1.29, 1.82) is 0 Å². The lowest BCUT2D eigenvalue weighted by Crippen LogP contribution is -2.04. The molecule has 1 aromatic carbocycles. The molecule has 0 fully saturated rings. The van der Waals surface area contributed by atoms with E-state index in [-0.39, 0.29) is 0 Å². The minimum absolute atomic E-state index is 0.689. The Kier molecular flexibility index (Phi) is 4.50. The van der Waals surface area contributed by atoms with Crippen molar-refractivity contribution in [2.45, 2.75) is 32.8 Å². The lowest BCUT2D eigenvalue weighted by atomic mass is 10.0. The van der Waals surface area contributed by atoms with Crippen molar-refractivity contribution in [3.8, 4) is 5.75 Å². The summed E-state index contributed by atoms with van der Waals surface area (Å²) in [5.74, 6) is 0.689. The van der Waals surface area contributed by atoms with Gasteiger partial charge in [-0.25, -0.2) is 0 Å². The molecule has 4 nitrogen and oxygen atoms in total. The summed E-state index contributed by atoms with van der Waals surface area (Å²) in [6, 6.07) is 5.79. The normalized spacial score (nSPS) is 12.4. The molecule has 1 heterocycles. The van der Waals surface area contributed by atoms with Crippen molar-refractivity contribution >= 4 is 11.5 Å². The number of hydrogen-bond acceptors (Lipinski definition) is 5. The summed E-state index contributed by atoms with van der Waals surface area (Å²) < 4.78 is 9.28. The molecule has 0 aliphatic heterocycles. The number of aliphatic hydroxyl groups is 1. The molecular formula is C14H18N2O2S. The van der Waals surface area contributed by atoms with E-state index in [9.17, 15) is 5.11 Å². The molecule has 1 aromatic heterocycles. The fourth-order valence-electron chi connectivity index (χ4n) is 2.04. The van der Waals surface area contributed by atoms with E-state index in [2.05, 4.69) is 16.5 Å². The Labute approximate surface area is 117 Å². The molecule has 2 rings (SSSR count). The molecule has 0 spiro atoms. The van der Waals surface area contributed by atoms with Gasteiger partial charge in [-0.15, -0.1) is 5.10 Å². The molecule has 0 aliphatic rings. The molecule has 0 saturated carbocycles. The van der Waals surface area contributed by atoms with Gasteiger partial charge in [0.1, 0.15) is 11.9 Å². The summed E-state index contributed by atoms with van der Waals surface area (Å²) in [4.78, 5) is 0.811. The van der Waals surface area contributed by atoms with Crippen molar-refractivity contribution in [1.82, 2.24) is 9.59 Å². The number of nitrogens with zero attached hydrogens (tertiary/aromatic N) is 2. The number of aryl methyl sites for hydroxylation is 2. The van der Waals surface area contributed by atoms with Crippen LogP contribution in [-0.2, 0) is 6.42 Å². The smallest absolute Gasteiger partial charge is 0.125 e.